The summed E-state index contributed by atoms with van der Waals surface area (Å²) in [6, 6.07) is 2.06. The van der Waals surface area contributed by atoms with Gasteiger partial charge in [0.15, 0.2) is 0 Å². The highest BCUT2D eigenvalue weighted by molar-refractivity contribution is 5.28. The third-order valence-corrected chi connectivity index (χ3v) is 2.11. The molecule has 0 saturated carbocycles. The number of hydrogen-bond acceptors (Lipinski definition) is 2. The number of imidazole rings is 1. The normalized spacial score (nSPS) is 10.8. The molecule has 0 amide bonds. The van der Waals surface area contributed by atoms with Gasteiger partial charge in [0.2, 0.25) is 5.78 Å². The van der Waals surface area contributed by atoms with Crippen molar-refractivity contribution in [2.75, 3.05) is 0 Å². The molecule has 0 aliphatic rings. The molecule has 0 atom stereocenters. The molecular weight excluding hydrogens is 162 g/mol. The fourth-order valence-electron chi connectivity index (χ4n) is 1.34. The first kappa shape index (κ1) is 8.23. The van der Waals surface area contributed by atoms with Gasteiger partial charge in [-0.05, 0) is 18.9 Å². The van der Waals surface area contributed by atoms with Crippen molar-refractivity contribution in [1.29, 1.82) is 0 Å². The maximum atomic E-state index is 4.42. The molecule has 0 bridgehead atoms. The number of nitrogens with zero attached hydrogens (tertiary/aromatic N) is 3. The van der Waals surface area contributed by atoms with Gasteiger partial charge in [-0.2, -0.15) is 0 Å². The molecule has 0 fully saturated rings. The van der Waals surface area contributed by atoms with Crippen molar-refractivity contribution >= 4 is 5.78 Å². The molecule has 0 aliphatic heterocycles. The summed E-state index contributed by atoms with van der Waals surface area (Å²) in [5.74, 6) is 0.800. The summed E-state index contributed by atoms with van der Waals surface area (Å²) in [7, 11) is 0. The second kappa shape index (κ2) is 3.56. The number of aromatic nitrogens is 3. The number of aryl methyl sites for hydroxylation is 1. The van der Waals surface area contributed by atoms with Crippen LogP contribution in [-0.4, -0.2) is 14.4 Å². The van der Waals surface area contributed by atoms with Crippen molar-refractivity contribution in [2.45, 2.75) is 26.2 Å². The lowest BCUT2D eigenvalue weighted by Gasteiger charge is -1.98. The van der Waals surface area contributed by atoms with Crippen molar-refractivity contribution in [3.63, 3.8) is 0 Å². The molecule has 13 heavy (non-hydrogen) atoms. The van der Waals surface area contributed by atoms with E-state index in [1.165, 1.54) is 12.8 Å². The van der Waals surface area contributed by atoms with Crippen LogP contribution >= 0.6 is 0 Å². The zero-order valence-corrected chi connectivity index (χ0v) is 7.77. The Kier molecular flexibility index (Phi) is 2.25. The first-order valence-electron chi connectivity index (χ1n) is 4.69. The predicted molar refractivity (Wildman–Crippen MR) is 51.6 cm³/mol. The molecule has 2 rings (SSSR count). The minimum Gasteiger partial charge on any atom is -0.291 e. The van der Waals surface area contributed by atoms with E-state index in [-0.39, 0.29) is 0 Å². The number of hydrogen-bond donors (Lipinski definition) is 0. The molecule has 0 unspecified atom stereocenters. The van der Waals surface area contributed by atoms with Gasteiger partial charge in [0.05, 0.1) is 0 Å². The summed E-state index contributed by atoms with van der Waals surface area (Å²) in [6.45, 7) is 2.19. The van der Waals surface area contributed by atoms with Gasteiger partial charge in [0, 0.05) is 24.3 Å². The molecular formula is C10H13N3. The molecule has 0 aromatic carbocycles. The highest BCUT2D eigenvalue weighted by atomic mass is 15.1. The Hall–Kier alpha value is -1.38. The van der Waals surface area contributed by atoms with Crippen LogP contribution in [0, 0.1) is 0 Å². The topological polar surface area (TPSA) is 30.2 Å². The zero-order chi connectivity index (χ0) is 9.10. The summed E-state index contributed by atoms with van der Waals surface area (Å²) < 4.78 is 1.93. The van der Waals surface area contributed by atoms with Gasteiger partial charge >= 0.3 is 0 Å². The van der Waals surface area contributed by atoms with E-state index in [9.17, 15) is 0 Å². The van der Waals surface area contributed by atoms with E-state index in [1.807, 2.05) is 16.8 Å². The molecule has 2 aromatic heterocycles. The average Bonchev–Trinajstić information content (AvgIpc) is 2.61. The van der Waals surface area contributed by atoms with E-state index < -0.39 is 0 Å². The average molecular weight is 175 g/mol. The lowest BCUT2D eigenvalue weighted by Crippen LogP contribution is -1.94. The summed E-state index contributed by atoms with van der Waals surface area (Å²) in [5, 5.41) is 0. The van der Waals surface area contributed by atoms with Crippen molar-refractivity contribution in [3.05, 3.63) is 30.4 Å². The summed E-state index contributed by atoms with van der Waals surface area (Å²) >= 11 is 0. The monoisotopic (exact) mass is 175 g/mol. The molecule has 3 heteroatoms. The second-order valence-electron chi connectivity index (χ2n) is 3.16. The van der Waals surface area contributed by atoms with Gasteiger partial charge in [-0.25, -0.2) is 9.97 Å². The third kappa shape index (κ3) is 1.69. The number of unbranched alkanes of at least 4 members (excludes halogenated alkanes) is 1. The van der Waals surface area contributed by atoms with Crippen molar-refractivity contribution in [2.24, 2.45) is 0 Å². The Morgan fingerprint density at radius 3 is 3.15 bits per heavy atom. The van der Waals surface area contributed by atoms with Crippen LogP contribution in [0.5, 0.6) is 0 Å². The lowest BCUT2D eigenvalue weighted by atomic mass is 10.2. The molecule has 0 saturated heterocycles. The van der Waals surface area contributed by atoms with Gasteiger partial charge in [-0.3, -0.25) is 4.40 Å². The summed E-state index contributed by atoms with van der Waals surface area (Å²) in [4.78, 5) is 8.56. The fraction of sp³-hybridized carbons (Fsp3) is 0.400. The van der Waals surface area contributed by atoms with Crippen LogP contribution in [0.3, 0.4) is 0 Å². The number of fused-ring (bicyclic) bond motifs is 1. The molecule has 0 aliphatic carbocycles. The quantitative estimate of drug-likeness (QED) is 0.714. The van der Waals surface area contributed by atoms with Gasteiger partial charge in [0.1, 0.15) is 0 Å². The van der Waals surface area contributed by atoms with Gasteiger partial charge in [-0.1, -0.05) is 13.3 Å². The van der Waals surface area contributed by atoms with E-state index in [0.29, 0.717) is 0 Å². The molecule has 0 radical (unpaired) electrons. The van der Waals surface area contributed by atoms with Crippen LogP contribution in [0.2, 0.25) is 0 Å². The smallest absolute Gasteiger partial charge is 0.233 e. The molecule has 2 aromatic rings. The molecule has 2 heterocycles. The van der Waals surface area contributed by atoms with Crippen LogP contribution in [0.25, 0.3) is 5.78 Å². The van der Waals surface area contributed by atoms with E-state index in [4.69, 9.17) is 0 Å². The van der Waals surface area contributed by atoms with Gasteiger partial charge < -0.3 is 0 Å². The van der Waals surface area contributed by atoms with E-state index in [0.717, 1.165) is 17.9 Å². The van der Waals surface area contributed by atoms with E-state index >= 15 is 0 Å². The first-order valence-corrected chi connectivity index (χ1v) is 4.69. The minimum absolute atomic E-state index is 0.800. The number of rotatable bonds is 3. The fourth-order valence-corrected chi connectivity index (χ4v) is 1.34. The Bertz CT molecular complexity index is 392. The highest BCUT2D eigenvalue weighted by Gasteiger charge is 1.97. The molecule has 0 spiro atoms. The minimum atomic E-state index is 0.800. The van der Waals surface area contributed by atoms with Crippen molar-refractivity contribution in [1.82, 2.24) is 14.4 Å². The van der Waals surface area contributed by atoms with Gasteiger partial charge in [0.25, 0.3) is 0 Å². The molecule has 68 valence electrons. The summed E-state index contributed by atoms with van der Waals surface area (Å²) in [5.41, 5.74) is 1.14. The zero-order valence-electron chi connectivity index (χ0n) is 7.77. The predicted octanol–water partition coefficient (Wildman–Crippen LogP) is 2.07. The Morgan fingerprint density at radius 1 is 1.38 bits per heavy atom. The second-order valence-corrected chi connectivity index (χ2v) is 3.16. The summed E-state index contributed by atoms with van der Waals surface area (Å²) in [6.07, 6.45) is 9.16. The van der Waals surface area contributed by atoms with Crippen LogP contribution in [-0.2, 0) is 6.42 Å². The highest BCUT2D eigenvalue weighted by Crippen LogP contribution is 2.03. The molecule has 0 N–H and O–H groups in total. The third-order valence-electron chi connectivity index (χ3n) is 2.11. The first-order chi connectivity index (χ1) is 6.40. The standard InChI is InChI=1S/C10H13N3/c1-2-3-4-9-5-7-13-8-6-11-10(13)12-9/h5-8H,2-4H2,1H3. The van der Waals surface area contributed by atoms with E-state index in [1.54, 1.807) is 6.20 Å². The van der Waals surface area contributed by atoms with Crippen molar-refractivity contribution in [3.8, 4) is 0 Å². The van der Waals surface area contributed by atoms with Crippen LogP contribution in [0.15, 0.2) is 24.7 Å². The SMILES string of the molecule is CCCCc1ccn2ccnc2n1. The Labute approximate surface area is 77.4 Å². The van der Waals surface area contributed by atoms with Crippen LogP contribution < -0.4 is 0 Å². The lowest BCUT2D eigenvalue weighted by molar-refractivity contribution is 0.774. The Morgan fingerprint density at radius 2 is 2.31 bits per heavy atom. The molecule has 3 nitrogen and oxygen atoms in total. The largest absolute Gasteiger partial charge is 0.291 e. The van der Waals surface area contributed by atoms with Crippen LogP contribution in [0.1, 0.15) is 25.5 Å². The maximum Gasteiger partial charge on any atom is 0.233 e. The van der Waals surface area contributed by atoms with Crippen LogP contribution in [0.4, 0.5) is 0 Å². The van der Waals surface area contributed by atoms with E-state index in [2.05, 4.69) is 23.0 Å². The van der Waals surface area contributed by atoms with Crippen molar-refractivity contribution < 1.29 is 0 Å². The Balaban J connectivity index is 2.26. The van der Waals surface area contributed by atoms with Gasteiger partial charge in [-0.15, -0.1) is 0 Å². The maximum absolute atomic E-state index is 4.42.